The Labute approximate surface area is 110 Å². The van der Waals surface area contributed by atoms with Crippen LogP contribution in [0.25, 0.3) is 0 Å². The van der Waals surface area contributed by atoms with Gasteiger partial charge in [-0.1, -0.05) is 53.2 Å². The second-order valence-corrected chi connectivity index (χ2v) is 5.62. The van der Waals surface area contributed by atoms with Gasteiger partial charge in [0.2, 0.25) is 0 Å². The molecule has 82 valence electrons. The number of benzene rings is 1. The minimum Gasteiger partial charge on any atom is -0.364 e. The van der Waals surface area contributed by atoms with Crippen LogP contribution in [0.3, 0.4) is 0 Å². The highest BCUT2D eigenvalue weighted by molar-refractivity contribution is 8.22. The van der Waals surface area contributed by atoms with E-state index in [9.17, 15) is 0 Å². The number of halogens is 2. The molecular formula is C10H11Cl2NS2. The van der Waals surface area contributed by atoms with E-state index in [1.54, 1.807) is 17.8 Å². The molecule has 1 aromatic rings. The zero-order valence-electron chi connectivity index (χ0n) is 8.46. The van der Waals surface area contributed by atoms with Crippen LogP contribution in [0.4, 0.5) is 0 Å². The van der Waals surface area contributed by atoms with Crippen LogP contribution < -0.4 is 0 Å². The molecule has 0 atom stereocenters. The van der Waals surface area contributed by atoms with Crippen molar-refractivity contribution >= 4 is 51.5 Å². The Balaban J connectivity index is 2.58. The number of thiocarbonyl (C=S) groups is 1. The molecule has 0 bridgehead atoms. The van der Waals surface area contributed by atoms with Gasteiger partial charge in [0.1, 0.15) is 4.32 Å². The monoisotopic (exact) mass is 279 g/mol. The summed E-state index contributed by atoms with van der Waals surface area (Å²) in [7, 11) is 3.87. The predicted octanol–water partition coefficient (Wildman–Crippen LogP) is 4.07. The van der Waals surface area contributed by atoms with E-state index in [-0.39, 0.29) is 0 Å². The Kier molecular flexibility index (Phi) is 5.19. The van der Waals surface area contributed by atoms with Gasteiger partial charge in [-0.15, -0.1) is 0 Å². The third-order valence-electron chi connectivity index (χ3n) is 1.71. The van der Waals surface area contributed by atoms with E-state index >= 15 is 0 Å². The molecule has 0 saturated heterocycles. The van der Waals surface area contributed by atoms with E-state index in [2.05, 4.69) is 0 Å². The summed E-state index contributed by atoms with van der Waals surface area (Å²) >= 11 is 18.5. The van der Waals surface area contributed by atoms with Crippen LogP contribution in [0.15, 0.2) is 18.2 Å². The van der Waals surface area contributed by atoms with E-state index in [4.69, 9.17) is 35.4 Å². The summed E-state index contributed by atoms with van der Waals surface area (Å²) < 4.78 is 0.862. The summed E-state index contributed by atoms with van der Waals surface area (Å²) in [6.45, 7) is 0. The van der Waals surface area contributed by atoms with Crippen molar-refractivity contribution in [1.29, 1.82) is 0 Å². The van der Waals surface area contributed by atoms with E-state index in [0.717, 1.165) is 15.6 Å². The quantitative estimate of drug-likeness (QED) is 0.752. The van der Waals surface area contributed by atoms with E-state index < -0.39 is 0 Å². The first-order valence-electron chi connectivity index (χ1n) is 4.28. The molecule has 1 nitrogen and oxygen atoms in total. The fraction of sp³-hybridized carbons (Fsp3) is 0.300. The van der Waals surface area contributed by atoms with E-state index in [1.807, 2.05) is 31.1 Å². The highest BCUT2D eigenvalue weighted by Gasteiger charge is 2.03. The molecule has 1 rings (SSSR count). The van der Waals surface area contributed by atoms with E-state index in [0.29, 0.717) is 10.0 Å². The molecule has 0 unspecified atom stereocenters. The molecule has 0 aliphatic heterocycles. The van der Waals surface area contributed by atoms with Crippen LogP contribution in [-0.2, 0) is 5.75 Å². The van der Waals surface area contributed by atoms with Gasteiger partial charge >= 0.3 is 0 Å². The molecule has 0 radical (unpaired) electrons. The topological polar surface area (TPSA) is 3.24 Å². The fourth-order valence-electron chi connectivity index (χ4n) is 0.904. The fourth-order valence-corrected chi connectivity index (χ4v) is 2.13. The van der Waals surface area contributed by atoms with Crippen LogP contribution in [-0.4, -0.2) is 23.3 Å². The Morgan fingerprint density at radius 3 is 2.53 bits per heavy atom. The summed E-state index contributed by atoms with van der Waals surface area (Å²) in [5.74, 6) is 0.813. The number of hydrogen-bond acceptors (Lipinski definition) is 2. The second kappa shape index (κ2) is 5.94. The first-order chi connectivity index (χ1) is 7.00. The van der Waals surface area contributed by atoms with Crippen molar-refractivity contribution < 1.29 is 0 Å². The van der Waals surface area contributed by atoms with Crippen molar-refractivity contribution in [3.05, 3.63) is 33.8 Å². The molecule has 0 aliphatic carbocycles. The SMILES string of the molecule is CN(C)C(=S)SCc1ccc(Cl)c(Cl)c1. The van der Waals surface area contributed by atoms with Crippen LogP contribution in [0.1, 0.15) is 5.56 Å². The molecule has 0 amide bonds. The van der Waals surface area contributed by atoms with Gasteiger partial charge in [-0.05, 0) is 17.7 Å². The molecular weight excluding hydrogens is 269 g/mol. The van der Waals surface area contributed by atoms with Gasteiger partial charge in [-0.25, -0.2) is 0 Å². The summed E-state index contributed by atoms with van der Waals surface area (Å²) in [5, 5.41) is 1.17. The molecule has 0 spiro atoms. The highest BCUT2D eigenvalue weighted by Crippen LogP contribution is 2.25. The molecule has 15 heavy (non-hydrogen) atoms. The zero-order chi connectivity index (χ0) is 11.4. The van der Waals surface area contributed by atoms with Crippen molar-refractivity contribution in [2.45, 2.75) is 5.75 Å². The number of rotatable bonds is 2. The standard InChI is InChI=1S/C10H11Cl2NS2/c1-13(2)10(14)15-6-7-3-4-8(11)9(12)5-7/h3-5H,6H2,1-2H3. The summed E-state index contributed by atoms with van der Waals surface area (Å²) in [6.07, 6.45) is 0. The van der Waals surface area contributed by atoms with Gasteiger partial charge < -0.3 is 4.90 Å². The van der Waals surface area contributed by atoms with Crippen LogP contribution in [0.2, 0.25) is 10.0 Å². The van der Waals surface area contributed by atoms with Crippen LogP contribution in [0, 0.1) is 0 Å². The second-order valence-electron chi connectivity index (χ2n) is 3.20. The number of hydrogen-bond donors (Lipinski definition) is 0. The van der Waals surface area contributed by atoms with E-state index in [1.165, 1.54) is 0 Å². The summed E-state index contributed by atoms with van der Waals surface area (Å²) in [5.41, 5.74) is 1.12. The van der Waals surface area contributed by atoms with Gasteiger partial charge in [-0.3, -0.25) is 0 Å². The first-order valence-corrected chi connectivity index (χ1v) is 6.43. The Morgan fingerprint density at radius 1 is 1.33 bits per heavy atom. The maximum Gasteiger partial charge on any atom is 0.136 e. The van der Waals surface area contributed by atoms with Crippen molar-refractivity contribution in [2.24, 2.45) is 0 Å². The molecule has 0 heterocycles. The minimum absolute atomic E-state index is 0.584. The van der Waals surface area contributed by atoms with Gasteiger partial charge in [0, 0.05) is 19.8 Å². The maximum absolute atomic E-state index is 5.91. The van der Waals surface area contributed by atoms with Gasteiger partial charge in [-0.2, -0.15) is 0 Å². The Bertz CT molecular complexity index is 366. The number of thioether (sulfide) groups is 1. The lowest BCUT2D eigenvalue weighted by Crippen LogP contribution is -2.16. The van der Waals surface area contributed by atoms with Gasteiger partial charge in [0.25, 0.3) is 0 Å². The zero-order valence-corrected chi connectivity index (χ0v) is 11.6. The predicted molar refractivity (Wildman–Crippen MR) is 74.0 cm³/mol. The van der Waals surface area contributed by atoms with Gasteiger partial charge in [0.15, 0.2) is 0 Å². The molecule has 5 heteroatoms. The Morgan fingerprint density at radius 2 is 2.00 bits per heavy atom. The molecule has 0 N–H and O–H groups in total. The van der Waals surface area contributed by atoms with Gasteiger partial charge in [0.05, 0.1) is 10.0 Å². The largest absolute Gasteiger partial charge is 0.364 e. The molecule has 0 saturated carbocycles. The smallest absolute Gasteiger partial charge is 0.136 e. The number of nitrogens with zero attached hydrogens (tertiary/aromatic N) is 1. The summed E-state index contributed by atoms with van der Waals surface area (Å²) in [4.78, 5) is 1.91. The lowest BCUT2D eigenvalue weighted by atomic mass is 10.2. The van der Waals surface area contributed by atoms with Crippen molar-refractivity contribution in [2.75, 3.05) is 14.1 Å². The van der Waals surface area contributed by atoms with Crippen LogP contribution in [0.5, 0.6) is 0 Å². The van der Waals surface area contributed by atoms with Crippen molar-refractivity contribution in [3.63, 3.8) is 0 Å². The molecule has 0 aliphatic rings. The van der Waals surface area contributed by atoms with Crippen molar-refractivity contribution in [3.8, 4) is 0 Å². The highest BCUT2D eigenvalue weighted by atomic mass is 35.5. The lowest BCUT2D eigenvalue weighted by molar-refractivity contribution is 0.648. The molecule has 1 aromatic carbocycles. The van der Waals surface area contributed by atoms with Crippen LogP contribution >= 0.6 is 47.2 Å². The minimum atomic E-state index is 0.584. The first kappa shape index (κ1) is 13.1. The third kappa shape index (κ3) is 4.19. The molecule has 0 fully saturated rings. The third-order valence-corrected chi connectivity index (χ3v) is 4.26. The molecule has 0 aromatic heterocycles. The average Bonchev–Trinajstić information content (AvgIpc) is 2.19. The lowest BCUT2D eigenvalue weighted by Gasteiger charge is -2.12. The average molecular weight is 280 g/mol. The normalized spacial score (nSPS) is 10.1. The van der Waals surface area contributed by atoms with Crippen molar-refractivity contribution in [1.82, 2.24) is 4.90 Å². The Hall–Kier alpha value is 0.0400. The maximum atomic E-state index is 5.91. The summed E-state index contributed by atoms with van der Waals surface area (Å²) in [6, 6.07) is 5.63.